The predicted molar refractivity (Wildman–Crippen MR) is 133 cm³/mol. The zero-order chi connectivity index (χ0) is 26.9. The van der Waals surface area contributed by atoms with Gasteiger partial charge in [-0.2, -0.15) is 13.2 Å². The Kier molecular flexibility index (Phi) is 6.96. The van der Waals surface area contributed by atoms with Gasteiger partial charge in [-0.3, -0.25) is 29.9 Å². The van der Waals surface area contributed by atoms with Gasteiger partial charge < -0.3 is 4.74 Å². The Labute approximate surface area is 215 Å². The molecule has 3 aromatic rings. The Bertz CT molecular complexity index is 1460. The van der Waals surface area contributed by atoms with Gasteiger partial charge in [-0.25, -0.2) is 0 Å². The number of thioether (sulfide) groups is 1. The third kappa shape index (κ3) is 5.59. The summed E-state index contributed by atoms with van der Waals surface area (Å²) in [6, 6.07) is 13.3. The lowest BCUT2D eigenvalue weighted by Crippen LogP contribution is -2.27. The first-order valence-electron chi connectivity index (χ1n) is 10.1. The van der Waals surface area contributed by atoms with Crippen molar-refractivity contribution in [3.8, 4) is 11.5 Å². The molecule has 188 valence electrons. The van der Waals surface area contributed by atoms with Crippen LogP contribution >= 0.6 is 24.0 Å². The summed E-state index contributed by atoms with van der Waals surface area (Å²) in [5.41, 5.74) is -1.22. The third-order valence-electron chi connectivity index (χ3n) is 5.00. The van der Waals surface area contributed by atoms with E-state index < -0.39 is 33.2 Å². The molecule has 3 aromatic carbocycles. The zero-order valence-electron chi connectivity index (χ0n) is 18.2. The van der Waals surface area contributed by atoms with E-state index in [0.29, 0.717) is 23.4 Å². The van der Waals surface area contributed by atoms with E-state index in [1.165, 1.54) is 41.3 Å². The normalized spacial score (nSPS) is 14.8. The summed E-state index contributed by atoms with van der Waals surface area (Å²) in [5.74, 6) is -0.669. The number of benzene rings is 3. The van der Waals surface area contributed by atoms with Crippen LogP contribution in [-0.4, -0.2) is 20.1 Å². The van der Waals surface area contributed by atoms with Crippen LogP contribution in [0.5, 0.6) is 11.5 Å². The van der Waals surface area contributed by atoms with Crippen molar-refractivity contribution in [3.63, 3.8) is 0 Å². The molecular formula is C23H12F3N3O6S2. The van der Waals surface area contributed by atoms with Crippen LogP contribution in [0.2, 0.25) is 0 Å². The zero-order valence-corrected chi connectivity index (χ0v) is 19.8. The van der Waals surface area contributed by atoms with E-state index in [4.69, 9.17) is 17.0 Å². The molecule has 37 heavy (non-hydrogen) atoms. The molecule has 0 radical (unpaired) electrons. The SMILES string of the molecule is O=C1/C(=C\c2ccc(Oc3ccc(C(F)(F)F)cc3[N+](=O)[O-])cc2)SC(=S)N1c1ccc([N+](=O)[O-])cc1. The van der Waals surface area contributed by atoms with Crippen molar-refractivity contribution in [1.82, 2.24) is 0 Å². The fraction of sp³-hybridized carbons (Fsp3) is 0.0435. The van der Waals surface area contributed by atoms with Crippen LogP contribution in [0.3, 0.4) is 0 Å². The summed E-state index contributed by atoms with van der Waals surface area (Å²) in [5, 5.41) is 22.1. The van der Waals surface area contributed by atoms with Gasteiger partial charge >= 0.3 is 11.9 Å². The average Bonchev–Trinajstić information content (AvgIpc) is 3.12. The fourth-order valence-electron chi connectivity index (χ4n) is 3.25. The number of non-ortho nitro benzene ring substituents is 1. The van der Waals surface area contributed by atoms with E-state index in [-0.39, 0.29) is 26.4 Å². The van der Waals surface area contributed by atoms with Gasteiger partial charge in [-0.05, 0) is 48.0 Å². The lowest BCUT2D eigenvalue weighted by Gasteiger charge is -2.13. The van der Waals surface area contributed by atoms with Crippen molar-refractivity contribution in [2.45, 2.75) is 6.18 Å². The van der Waals surface area contributed by atoms with Crippen LogP contribution in [0.25, 0.3) is 6.08 Å². The molecule has 1 fully saturated rings. The standard InChI is InChI=1S/C23H12F3N3O6S2/c24-23(25,26)14-3-10-19(18(12-14)29(33)34)35-17-8-1-13(2-9-17)11-20-21(30)27(22(36)37-20)15-4-6-16(7-5-15)28(31)32/h1-12H/b20-11+. The summed E-state index contributed by atoms with van der Waals surface area (Å²) in [6.45, 7) is 0. The molecular weight excluding hydrogens is 535 g/mol. The van der Waals surface area contributed by atoms with Crippen molar-refractivity contribution in [2.24, 2.45) is 0 Å². The molecule has 1 heterocycles. The quantitative estimate of drug-likeness (QED) is 0.145. The summed E-state index contributed by atoms with van der Waals surface area (Å²) in [6.07, 6.45) is -3.19. The Morgan fingerprint density at radius 1 is 0.946 bits per heavy atom. The number of rotatable bonds is 6. The second-order valence-electron chi connectivity index (χ2n) is 7.40. The maximum absolute atomic E-state index is 12.9. The number of thiocarbonyl (C=S) groups is 1. The van der Waals surface area contributed by atoms with E-state index in [2.05, 4.69) is 0 Å². The fourth-order valence-corrected chi connectivity index (χ4v) is 4.55. The highest BCUT2D eigenvalue weighted by Gasteiger charge is 2.34. The number of nitro benzene ring substituents is 2. The first-order valence-corrected chi connectivity index (χ1v) is 11.3. The molecule has 1 aliphatic rings. The number of alkyl halides is 3. The van der Waals surface area contributed by atoms with Gasteiger partial charge in [0.25, 0.3) is 11.6 Å². The largest absolute Gasteiger partial charge is 0.450 e. The highest BCUT2D eigenvalue weighted by Crippen LogP contribution is 2.39. The molecule has 0 aliphatic carbocycles. The molecule has 0 saturated carbocycles. The third-order valence-corrected chi connectivity index (χ3v) is 6.30. The smallest absolute Gasteiger partial charge is 0.416 e. The van der Waals surface area contributed by atoms with E-state index in [9.17, 15) is 38.2 Å². The Hall–Kier alpha value is -4.30. The van der Waals surface area contributed by atoms with Gasteiger partial charge in [-0.15, -0.1) is 0 Å². The second kappa shape index (κ2) is 9.99. The minimum absolute atomic E-state index is 0.124. The summed E-state index contributed by atoms with van der Waals surface area (Å²) >= 11 is 6.32. The van der Waals surface area contributed by atoms with Crippen molar-refractivity contribution >= 4 is 57.3 Å². The summed E-state index contributed by atoms with van der Waals surface area (Å²) in [4.78, 5) is 35.0. The molecule has 0 atom stereocenters. The van der Waals surface area contributed by atoms with E-state index in [0.717, 1.165) is 17.8 Å². The first kappa shape index (κ1) is 25.8. The number of halogens is 3. The summed E-state index contributed by atoms with van der Waals surface area (Å²) < 4.78 is 44.3. The number of hydrogen-bond donors (Lipinski definition) is 0. The van der Waals surface area contributed by atoms with E-state index in [1.54, 1.807) is 18.2 Å². The number of ether oxygens (including phenoxy) is 1. The van der Waals surface area contributed by atoms with Crippen LogP contribution in [0.1, 0.15) is 11.1 Å². The van der Waals surface area contributed by atoms with E-state index in [1.807, 2.05) is 0 Å². The molecule has 9 nitrogen and oxygen atoms in total. The molecule has 0 unspecified atom stereocenters. The average molecular weight is 547 g/mol. The van der Waals surface area contributed by atoms with Crippen molar-refractivity contribution in [2.75, 3.05) is 4.90 Å². The molecule has 1 aliphatic heterocycles. The van der Waals surface area contributed by atoms with Gasteiger partial charge in [0, 0.05) is 18.2 Å². The van der Waals surface area contributed by atoms with Crippen LogP contribution in [0.15, 0.2) is 71.6 Å². The molecule has 0 N–H and O–H groups in total. The molecule has 4 rings (SSSR count). The van der Waals surface area contributed by atoms with E-state index >= 15 is 0 Å². The number of hydrogen-bond acceptors (Lipinski definition) is 8. The topological polar surface area (TPSA) is 116 Å². The van der Waals surface area contributed by atoms with Crippen LogP contribution in [-0.2, 0) is 11.0 Å². The highest BCUT2D eigenvalue weighted by atomic mass is 32.2. The molecule has 0 aromatic heterocycles. The molecule has 1 amide bonds. The van der Waals surface area contributed by atoms with Crippen LogP contribution in [0, 0.1) is 20.2 Å². The first-order chi connectivity index (χ1) is 17.4. The Morgan fingerprint density at radius 3 is 2.16 bits per heavy atom. The van der Waals surface area contributed by atoms with Gasteiger partial charge in [0.15, 0.2) is 4.32 Å². The maximum Gasteiger partial charge on any atom is 0.416 e. The number of nitrogens with zero attached hydrogens (tertiary/aromatic N) is 3. The molecule has 0 bridgehead atoms. The molecule has 14 heteroatoms. The highest BCUT2D eigenvalue weighted by molar-refractivity contribution is 8.27. The van der Waals surface area contributed by atoms with Gasteiger partial charge in [-0.1, -0.05) is 36.1 Å². The number of amides is 1. The minimum atomic E-state index is -4.75. The van der Waals surface area contributed by atoms with Crippen molar-refractivity contribution in [3.05, 3.63) is 103 Å². The van der Waals surface area contributed by atoms with Crippen molar-refractivity contribution < 1.29 is 32.5 Å². The summed E-state index contributed by atoms with van der Waals surface area (Å²) in [7, 11) is 0. The lowest BCUT2D eigenvalue weighted by atomic mass is 10.1. The van der Waals surface area contributed by atoms with Crippen molar-refractivity contribution in [1.29, 1.82) is 0 Å². The van der Waals surface area contributed by atoms with Crippen LogP contribution in [0.4, 0.5) is 30.2 Å². The lowest BCUT2D eigenvalue weighted by molar-refractivity contribution is -0.385. The monoisotopic (exact) mass is 547 g/mol. The number of nitro groups is 2. The van der Waals surface area contributed by atoms with Gasteiger partial charge in [0.1, 0.15) is 5.75 Å². The van der Waals surface area contributed by atoms with Gasteiger partial charge in [0.2, 0.25) is 5.75 Å². The maximum atomic E-state index is 12.9. The molecule has 0 spiro atoms. The van der Waals surface area contributed by atoms with Gasteiger partial charge in [0.05, 0.1) is 26.0 Å². The number of carbonyl (C=O) groups is 1. The second-order valence-corrected chi connectivity index (χ2v) is 9.07. The molecule has 1 saturated heterocycles. The van der Waals surface area contributed by atoms with Crippen LogP contribution < -0.4 is 9.64 Å². The minimum Gasteiger partial charge on any atom is -0.450 e. The predicted octanol–water partition coefficient (Wildman–Crippen LogP) is 6.72. The number of anilines is 1. The Morgan fingerprint density at radius 2 is 1.59 bits per heavy atom. The number of carbonyl (C=O) groups excluding carboxylic acids is 1. The Balaban J connectivity index is 1.52.